The minimum absolute atomic E-state index is 0.578. The van der Waals surface area contributed by atoms with E-state index in [1.54, 1.807) is 12.6 Å². The fourth-order valence-electron chi connectivity index (χ4n) is 1.99. The van der Waals surface area contributed by atoms with Gasteiger partial charge < -0.3 is 14.6 Å². The van der Waals surface area contributed by atoms with Gasteiger partial charge in [-0.25, -0.2) is 9.97 Å². The molecule has 3 rings (SSSR count). The molecule has 2 aromatic heterocycles. The number of rotatable bonds is 5. The first-order valence-electron chi connectivity index (χ1n) is 6.15. The Morgan fingerprint density at radius 3 is 3.00 bits per heavy atom. The van der Waals surface area contributed by atoms with Gasteiger partial charge in [0, 0.05) is 19.2 Å². The van der Waals surface area contributed by atoms with Gasteiger partial charge in [-0.05, 0) is 25.0 Å². The molecule has 1 aliphatic rings. The van der Waals surface area contributed by atoms with Gasteiger partial charge in [0.1, 0.15) is 23.7 Å². The number of anilines is 2. The van der Waals surface area contributed by atoms with E-state index in [1.165, 1.54) is 12.8 Å². The maximum Gasteiger partial charge on any atom is 0.134 e. The largest absolute Gasteiger partial charge is 0.467 e. The second-order valence-electron chi connectivity index (χ2n) is 4.45. The van der Waals surface area contributed by atoms with E-state index in [2.05, 4.69) is 20.2 Å². The molecule has 0 radical (unpaired) electrons. The third-order valence-corrected chi connectivity index (χ3v) is 3.10. The van der Waals surface area contributed by atoms with Crippen LogP contribution in [-0.2, 0) is 6.54 Å². The van der Waals surface area contributed by atoms with Crippen LogP contribution in [0.4, 0.5) is 11.6 Å². The van der Waals surface area contributed by atoms with Gasteiger partial charge in [0.2, 0.25) is 0 Å². The lowest BCUT2D eigenvalue weighted by molar-refractivity contribution is 0.500. The summed E-state index contributed by atoms with van der Waals surface area (Å²) in [7, 11) is 1.86. The molecule has 0 bridgehead atoms. The number of hydrogen-bond donors (Lipinski definition) is 1. The Labute approximate surface area is 106 Å². The fraction of sp³-hybridized carbons (Fsp3) is 0.385. The Hall–Kier alpha value is -2.04. The highest BCUT2D eigenvalue weighted by molar-refractivity contribution is 5.49. The molecule has 1 aliphatic carbocycles. The van der Waals surface area contributed by atoms with Crippen LogP contribution >= 0.6 is 0 Å². The number of nitrogens with one attached hydrogen (secondary N) is 1. The summed E-state index contributed by atoms with van der Waals surface area (Å²) in [5.74, 6) is 2.75. The van der Waals surface area contributed by atoms with Crippen molar-refractivity contribution in [3.05, 3.63) is 36.5 Å². The SMILES string of the molecule is CNc1cc(N(Cc2ccco2)C2CC2)ncn1. The summed E-state index contributed by atoms with van der Waals surface area (Å²) < 4.78 is 5.42. The predicted molar refractivity (Wildman–Crippen MR) is 69.5 cm³/mol. The van der Waals surface area contributed by atoms with Crippen LogP contribution in [-0.4, -0.2) is 23.1 Å². The van der Waals surface area contributed by atoms with Crippen LogP contribution in [0.5, 0.6) is 0 Å². The molecule has 0 aromatic carbocycles. The Kier molecular flexibility index (Phi) is 2.88. The molecule has 0 atom stereocenters. The van der Waals surface area contributed by atoms with Crippen molar-refractivity contribution in [3.8, 4) is 0 Å². The van der Waals surface area contributed by atoms with Crippen molar-refractivity contribution in [3.63, 3.8) is 0 Å². The topological polar surface area (TPSA) is 54.2 Å². The molecule has 2 heterocycles. The Balaban J connectivity index is 1.84. The molecule has 0 amide bonds. The Morgan fingerprint density at radius 1 is 1.44 bits per heavy atom. The van der Waals surface area contributed by atoms with E-state index in [1.807, 2.05) is 25.2 Å². The lowest BCUT2D eigenvalue weighted by Gasteiger charge is -2.22. The van der Waals surface area contributed by atoms with E-state index in [9.17, 15) is 0 Å². The van der Waals surface area contributed by atoms with Crippen LogP contribution in [0, 0.1) is 0 Å². The first kappa shape index (κ1) is 11.1. The molecular formula is C13H16N4O. The fourth-order valence-corrected chi connectivity index (χ4v) is 1.99. The van der Waals surface area contributed by atoms with Crippen molar-refractivity contribution < 1.29 is 4.42 Å². The molecule has 5 heteroatoms. The average Bonchev–Trinajstić information content (AvgIpc) is 3.13. The highest BCUT2D eigenvalue weighted by atomic mass is 16.3. The van der Waals surface area contributed by atoms with Crippen LogP contribution in [0.25, 0.3) is 0 Å². The molecular weight excluding hydrogens is 228 g/mol. The summed E-state index contributed by atoms with van der Waals surface area (Å²) in [5, 5.41) is 3.04. The molecule has 18 heavy (non-hydrogen) atoms. The molecule has 1 saturated carbocycles. The quantitative estimate of drug-likeness (QED) is 0.874. The summed E-state index contributed by atoms with van der Waals surface area (Å²) >= 11 is 0. The van der Waals surface area contributed by atoms with Crippen molar-refractivity contribution in [2.24, 2.45) is 0 Å². The van der Waals surface area contributed by atoms with Gasteiger partial charge in [0.15, 0.2) is 0 Å². The molecule has 1 fully saturated rings. The zero-order valence-corrected chi connectivity index (χ0v) is 10.3. The van der Waals surface area contributed by atoms with Gasteiger partial charge >= 0.3 is 0 Å². The minimum Gasteiger partial charge on any atom is -0.467 e. The van der Waals surface area contributed by atoms with Crippen molar-refractivity contribution in [2.45, 2.75) is 25.4 Å². The highest BCUT2D eigenvalue weighted by Crippen LogP contribution is 2.32. The first-order valence-corrected chi connectivity index (χ1v) is 6.15. The van der Waals surface area contributed by atoms with Gasteiger partial charge in [-0.2, -0.15) is 0 Å². The molecule has 2 aromatic rings. The molecule has 0 spiro atoms. The van der Waals surface area contributed by atoms with Crippen molar-refractivity contribution in [1.82, 2.24) is 9.97 Å². The van der Waals surface area contributed by atoms with Crippen LogP contribution in [0.3, 0.4) is 0 Å². The zero-order chi connectivity index (χ0) is 12.4. The Bertz CT molecular complexity index is 507. The smallest absolute Gasteiger partial charge is 0.134 e. The molecule has 1 N–H and O–H groups in total. The number of nitrogens with zero attached hydrogens (tertiary/aromatic N) is 3. The summed E-state index contributed by atoms with van der Waals surface area (Å²) in [5.41, 5.74) is 0. The van der Waals surface area contributed by atoms with E-state index in [4.69, 9.17) is 4.42 Å². The van der Waals surface area contributed by atoms with Gasteiger partial charge in [-0.1, -0.05) is 0 Å². The minimum atomic E-state index is 0.578. The van der Waals surface area contributed by atoms with Crippen LogP contribution < -0.4 is 10.2 Å². The maximum absolute atomic E-state index is 5.42. The predicted octanol–water partition coefficient (Wildman–Crippen LogP) is 2.28. The number of aromatic nitrogens is 2. The maximum atomic E-state index is 5.42. The average molecular weight is 244 g/mol. The third kappa shape index (κ3) is 2.30. The standard InChI is InChI=1S/C13H16N4O/c1-14-12-7-13(16-9-15-12)17(10-4-5-10)8-11-3-2-6-18-11/h2-3,6-7,9-10H,4-5,8H2,1H3,(H,14,15,16). The molecule has 0 unspecified atom stereocenters. The van der Waals surface area contributed by atoms with E-state index in [-0.39, 0.29) is 0 Å². The first-order chi connectivity index (χ1) is 8.86. The third-order valence-electron chi connectivity index (χ3n) is 3.10. The lowest BCUT2D eigenvalue weighted by atomic mass is 10.3. The van der Waals surface area contributed by atoms with Gasteiger partial charge in [-0.15, -0.1) is 0 Å². The van der Waals surface area contributed by atoms with Crippen molar-refractivity contribution >= 4 is 11.6 Å². The second kappa shape index (κ2) is 4.68. The van der Waals surface area contributed by atoms with Crippen LogP contribution in [0.15, 0.2) is 35.2 Å². The highest BCUT2D eigenvalue weighted by Gasteiger charge is 2.30. The zero-order valence-electron chi connectivity index (χ0n) is 10.3. The Morgan fingerprint density at radius 2 is 2.33 bits per heavy atom. The van der Waals surface area contributed by atoms with Gasteiger partial charge in [0.05, 0.1) is 12.8 Å². The van der Waals surface area contributed by atoms with E-state index < -0.39 is 0 Å². The summed E-state index contributed by atoms with van der Waals surface area (Å²) in [6, 6.07) is 6.46. The normalized spacial score (nSPS) is 14.5. The summed E-state index contributed by atoms with van der Waals surface area (Å²) in [6.45, 7) is 0.762. The van der Waals surface area contributed by atoms with E-state index in [0.717, 1.165) is 23.9 Å². The van der Waals surface area contributed by atoms with Crippen molar-refractivity contribution in [1.29, 1.82) is 0 Å². The van der Waals surface area contributed by atoms with Crippen molar-refractivity contribution in [2.75, 3.05) is 17.3 Å². The van der Waals surface area contributed by atoms with E-state index in [0.29, 0.717) is 6.04 Å². The summed E-state index contributed by atoms with van der Waals surface area (Å²) in [4.78, 5) is 10.8. The molecule has 0 aliphatic heterocycles. The number of furan rings is 1. The summed E-state index contributed by atoms with van der Waals surface area (Å²) in [6.07, 6.45) is 5.75. The second-order valence-corrected chi connectivity index (χ2v) is 4.45. The molecule has 0 saturated heterocycles. The van der Waals surface area contributed by atoms with Gasteiger partial charge in [0.25, 0.3) is 0 Å². The monoisotopic (exact) mass is 244 g/mol. The molecule has 5 nitrogen and oxygen atoms in total. The van der Waals surface area contributed by atoms with Crippen LogP contribution in [0.1, 0.15) is 18.6 Å². The number of hydrogen-bond acceptors (Lipinski definition) is 5. The lowest BCUT2D eigenvalue weighted by Crippen LogP contribution is -2.25. The van der Waals surface area contributed by atoms with Crippen LogP contribution in [0.2, 0.25) is 0 Å². The van der Waals surface area contributed by atoms with E-state index >= 15 is 0 Å². The van der Waals surface area contributed by atoms with Gasteiger partial charge in [-0.3, -0.25) is 0 Å². The molecule has 94 valence electrons.